The Bertz CT molecular complexity index is 2590. The number of hydrogen-bond donors (Lipinski definition) is 3. The molecule has 0 bridgehead atoms. The molecule has 2 aromatic carbocycles. The molecule has 24 nitrogen and oxygen atoms in total. The largest absolute Gasteiger partial charge is 0.420 e. The van der Waals surface area contributed by atoms with Gasteiger partial charge in [0, 0.05) is 74.4 Å². The molecule has 1 fully saturated rings. The van der Waals surface area contributed by atoms with Crippen molar-refractivity contribution in [2.24, 2.45) is 16.6 Å². The van der Waals surface area contributed by atoms with E-state index in [1.807, 2.05) is 27.0 Å². The second kappa shape index (κ2) is 42.6. The molecule has 2 aliphatic rings. The van der Waals surface area contributed by atoms with Gasteiger partial charge < -0.3 is 78.3 Å². The summed E-state index contributed by atoms with van der Waals surface area (Å²) in [6.07, 6.45) is 5.25. The van der Waals surface area contributed by atoms with Crippen LogP contribution in [0.5, 0.6) is 5.75 Å². The molecule has 3 aromatic rings. The SMILES string of the molecule is CCCN(OCC)C(=O)C1=Cc2ccc(C(=O)Nc3ccc(N4CCC(C(=O)NCCN(C)CCOCCOCCOCCOCCOCCOCCOCCOCCOCCOCCC(=O)Oc5c(F)c(F)cc(F)c5F)CC4)nc3)cc2N=C(N)C1. The minimum atomic E-state index is -1.80. The van der Waals surface area contributed by atoms with Crippen LogP contribution in [0.3, 0.4) is 0 Å². The Morgan fingerprint density at radius 2 is 1.18 bits per heavy atom. The maximum absolute atomic E-state index is 13.6. The summed E-state index contributed by atoms with van der Waals surface area (Å²) in [4.78, 5) is 70.2. The van der Waals surface area contributed by atoms with Crippen LogP contribution in [0, 0.1) is 29.2 Å². The first kappa shape index (κ1) is 72.5. The molecule has 5 rings (SSSR count). The van der Waals surface area contributed by atoms with Gasteiger partial charge in [0.25, 0.3) is 11.8 Å². The topological polar surface area (TPSA) is 264 Å². The third-order valence-electron chi connectivity index (χ3n) is 13.2. The van der Waals surface area contributed by atoms with Gasteiger partial charge in [0.2, 0.25) is 23.3 Å². The molecule has 3 amide bonds. The number of rotatable bonds is 46. The molecule has 0 spiro atoms. The number of pyridine rings is 1. The van der Waals surface area contributed by atoms with E-state index in [1.165, 1.54) is 5.06 Å². The predicted octanol–water partition coefficient (Wildman–Crippen LogP) is 5.28. The van der Waals surface area contributed by atoms with Crippen molar-refractivity contribution >= 4 is 52.8 Å². The molecule has 0 radical (unpaired) electrons. The number of aliphatic imine (C=N–C) groups is 1. The monoisotopic (exact) mass is 1250 g/mol. The fourth-order valence-electron chi connectivity index (χ4n) is 8.52. The van der Waals surface area contributed by atoms with Crippen LogP contribution >= 0.6 is 0 Å². The van der Waals surface area contributed by atoms with E-state index < -0.39 is 41.4 Å². The number of amides is 3. The molecule has 3 heterocycles. The number of carbonyl (C=O) groups excluding carboxylic acids is 4. The number of amidine groups is 1. The van der Waals surface area contributed by atoms with Crippen LogP contribution in [0.1, 0.15) is 61.9 Å². The Hall–Kier alpha value is -6.28. The third kappa shape index (κ3) is 27.6. The van der Waals surface area contributed by atoms with Gasteiger partial charge in [-0.3, -0.25) is 24.0 Å². The highest BCUT2D eigenvalue weighted by atomic mass is 19.2. The molecule has 490 valence electrons. The van der Waals surface area contributed by atoms with Crippen molar-refractivity contribution in [3.63, 3.8) is 0 Å². The number of esters is 1. The Morgan fingerprint density at radius 1 is 0.659 bits per heavy atom. The standard InChI is InChI=1S/C60H86F4N8O16/c1-4-14-72(87-5-2)60(76)47-39-45-6-7-46(40-51(45)69-52(65)41-47)59(75)68-48-8-9-53(67-43-48)71-15-10-44(11-16-71)58(74)66-13-17-70(3)18-20-78-22-24-80-26-28-82-30-32-84-34-36-86-38-37-85-35-33-83-31-29-81-27-25-79-23-21-77-19-12-54(73)88-57-55(63)49(61)42-50(62)56(57)64/h6-9,39-40,42-44H,4-5,10-38,41H2,1-3H3,(H2,65,69)(H,66,74)(H,68,75). The average Bonchev–Trinajstić information content (AvgIpc) is 2.91. The lowest BCUT2D eigenvalue weighted by Crippen LogP contribution is -2.42. The number of anilines is 2. The normalized spacial score (nSPS) is 13.5. The summed E-state index contributed by atoms with van der Waals surface area (Å²) in [5, 5.41) is 7.34. The first-order valence-corrected chi connectivity index (χ1v) is 29.7. The second-order valence-electron chi connectivity index (χ2n) is 19.9. The molecular weight excluding hydrogens is 1160 g/mol. The molecule has 1 saturated heterocycles. The number of likely N-dealkylation sites (N-methyl/N-ethyl adjacent to an activating group) is 1. The molecular formula is C60H86F4N8O16. The number of nitrogens with one attached hydrogen (secondary N) is 2. The summed E-state index contributed by atoms with van der Waals surface area (Å²) >= 11 is 0. The number of nitrogens with two attached hydrogens (primary N) is 1. The zero-order valence-corrected chi connectivity index (χ0v) is 50.7. The van der Waals surface area contributed by atoms with Gasteiger partial charge in [-0.2, -0.15) is 8.78 Å². The molecule has 88 heavy (non-hydrogen) atoms. The van der Waals surface area contributed by atoms with E-state index in [-0.39, 0.29) is 68.4 Å². The number of nitrogens with zero attached hydrogens (tertiary/aromatic N) is 5. The zero-order chi connectivity index (χ0) is 63.1. The van der Waals surface area contributed by atoms with Crippen LogP contribution in [0.25, 0.3) is 6.08 Å². The number of ether oxygens (including phenoxy) is 11. The van der Waals surface area contributed by atoms with Crippen LogP contribution in [0.15, 0.2) is 53.2 Å². The highest BCUT2D eigenvalue weighted by Crippen LogP contribution is 2.30. The van der Waals surface area contributed by atoms with Crippen LogP contribution in [0.4, 0.5) is 34.8 Å². The van der Waals surface area contributed by atoms with Gasteiger partial charge in [-0.25, -0.2) is 23.8 Å². The van der Waals surface area contributed by atoms with E-state index >= 15 is 0 Å². The maximum atomic E-state index is 13.6. The van der Waals surface area contributed by atoms with E-state index in [0.717, 1.165) is 12.2 Å². The van der Waals surface area contributed by atoms with Gasteiger partial charge in [-0.05, 0) is 63.6 Å². The number of hydroxylamine groups is 2. The van der Waals surface area contributed by atoms with Crippen LogP contribution in [-0.4, -0.2) is 230 Å². The van der Waals surface area contributed by atoms with Gasteiger partial charge in [0.1, 0.15) is 11.7 Å². The summed E-state index contributed by atoms with van der Waals surface area (Å²) in [5.74, 6) is -9.15. The highest BCUT2D eigenvalue weighted by molar-refractivity contribution is 6.07. The number of aromatic nitrogens is 1. The molecule has 2 aliphatic heterocycles. The molecule has 28 heteroatoms. The van der Waals surface area contributed by atoms with Crippen LogP contribution < -0.4 is 26.0 Å². The van der Waals surface area contributed by atoms with Gasteiger partial charge in [0.05, 0.1) is 163 Å². The van der Waals surface area contributed by atoms with E-state index in [1.54, 1.807) is 36.5 Å². The van der Waals surface area contributed by atoms with Crippen LogP contribution in [-0.2, 0) is 66.6 Å². The highest BCUT2D eigenvalue weighted by Gasteiger charge is 2.27. The maximum Gasteiger partial charge on any atom is 0.313 e. The number of halogens is 4. The van der Waals surface area contributed by atoms with Crippen molar-refractivity contribution in [1.82, 2.24) is 20.3 Å². The molecule has 4 N–H and O–H groups in total. The zero-order valence-electron chi connectivity index (χ0n) is 50.7. The minimum Gasteiger partial charge on any atom is -0.420 e. The lowest BCUT2D eigenvalue weighted by molar-refractivity contribution is -0.180. The van der Waals surface area contributed by atoms with Gasteiger partial charge in [-0.1, -0.05) is 13.0 Å². The van der Waals surface area contributed by atoms with Crippen molar-refractivity contribution in [3.8, 4) is 5.75 Å². The first-order chi connectivity index (χ1) is 42.8. The van der Waals surface area contributed by atoms with Crippen molar-refractivity contribution in [2.45, 2.75) is 46.0 Å². The number of carbonyl (C=O) groups is 4. The lowest BCUT2D eigenvalue weighted by atomic mass is 9.96. The summed E-state index contributed by atoms with van der Waals surface area (Å²) in [6, 6.07) is 8.76. The number of fused-ring (bicyclic) bond motifs is 1. The molecule has 1 aromatic heterocycles. The van der Waals surface area contributed by atoms with Gasteiger partial charge >= 0.3 is 5.97 Å². The van der Waals surface area contributed by atoms with Crippen molar-refractivity contribution in [1.29, 1.82) is 0 Å². The quantitative estimate of drug-likeness (QED) is 0.0162. The summed E-state index contributed by atoms with van der Waals surface area (Å²) in [7, 11) is 1.99. The van der Waals surface area contributed by atoms with Crippen molar-refractivity contribution < 1.29 is 93.7 Å². The van der Waals surface area contributed by atoms with E-state index in [9.17, 15) is 36.7 Å². The number of benzene rings is 2. The smallest absolute Gasteiger partial charge is 0.313 e. The van der Waals surface area contributed by atoms with E-state index in [2.05, 4.69) is 35.1 Å². The first-order valence-electron chi connectivity index (χ1n) is 29.7. The fourth-order valence-corrected chi connectivity index (χ4v) is 8.52. The van der Waals surface area contributed by atoms with Crippen molar-refractivity contribution in [3.05, 3.63) is 82.6 Å². The number of piperidine rings is 1. The third-order valence-corrected chi connectivity index (χ3v) is 13.2. The molecule has 0 saturated carbocycles. The molecule has 0 unspecified atom stereocenters. The van der Waals surface area contributed by atoms with E-state index in [4.69, 9.17) is 57.9 Å². The summed E-state index contributed by atoms with van der Waals surface area (Å²) in [5.41, 5.74) is 8.73. The molecule has 0 atom stereocenters. The van der Waals surface area contributed by atoms with E-state index in [0.29, 0.717) is 193 Å². The van der Waals surface area contributed by atoms with Gasteiger partial charge in [-0.15, -0.1) is 0 Å². The fraction of sp³-hybridized carbons (Fsp3) is 0.600. The Labute approximate surface area is 511 Å². The average molecular weight is 1250 g/mol. The minimum absolute atomic E-state index is 0.0151. The molecule has 0 aliphatic carbocycles. The lowest BCUT2D eigenvalue weighted by Gasteiger charge is -2.32. The number of hydrogen-bond acceptors (Lipinski definition) is 21. The Morgan fingerprint density at radius 3 is 1.68 bits per heavy atom. The Balaban J connectivity index is 0.740. The summed E-state index contributed by atoms with van der Waals surface area (Å²) in [6.45, 7) is 15.1. The second-order valence-corrected chi connectivity index (χ2v) is 19.9. The predicted molar refractivity (Wildman–Crippen MR) is 316 cm³/mol. The van der Waals surface area contributed by atoms with Crippen molar-refractivity contribution in [2.75, 3.05) is 195 Å². The summed E-state index contributed by atoms with van der Waals surface area (Å²) < 4.78 is 113. The Kier molecular flexibility index (Phi) is 35.1. The van der Waals surface area contributed by atoms with Gasteiger partial charge in [0.15, 0.2) is 11.6 Å². The van der Waals surface area contributed by atoms with Crippen LogP contribution in [0.2, 0.25) is 0 Å².